The summed E-state index contributed by atoms with van der Waals surface area (Å²) in [5.74, 6) is 1.08. The minimum atomic E-state index is -3.51. The predicted octanol–water partition coefficient (Wildman–Crippen LogP) is 2.73. The molecule has 0 fully saturated rings. The average molecular weight is 424 g/mol. The van der Waals surface area contributed by atoms with Crippen LogP contribution in [0.15, 0.2) is 36.8 Å². The number of aryl methyl sites for hydroxylation is 1. The maximum atomic E-state index is 11.7. The molecule has 2 aromatic heterocycles. The molecule has 0 saturated carbocycles. The Balaban J connectivity index is 1.91. The Morgan fingerprint density at radius 3 is 2.61 bits per heavy atom. The second kappa shape index (κ2) is 7.90. The summed E-state index contributed by atoms with van der Waals surface area (Å²) in [6, 6.07) is 4.88. The van der Waals surface area contributed by atoms with Gasteiger partial charge in [-0.3, -0.25) is 9.40 Å². The number of ether oxygens (including phenoxy) is 1. The molecule has 0 atom stereocenters. The van der Waals surface area contributed by atoms with Gasteiger partial charge in [-0.1, -0.05) is 11.6 Å². The fourth-order valence-corrected chi connectivity index (χ4v) is 3.01. The number of rotatable bonds is 7. The summed E-state index contributed by atoms with van der Waals surface area (Å²) < 4.78 is 32.6. The number of anilines is 5. The van der Waals surface area contributed by atoms with Gasteiger partial charge in [0.2, 0.25) is 16.0 Å². The molecular formula is C16H18ClN7O3S. The fourth-order valence-electron chi connectivity index (χ4n) is 2.30. The van der Waals surface area contributed by atoms with Crippen molar-refractivity contribution >= 4 is 50.5 Å². The molecule has 0 aliphatic rings. The first-order valence-electron chi connectivity index (χ1n) is 7.94. The van der Waals surface area contributed by atoms with Crippen LogP contribution < -0.4 is 20.1 Å². The van der Waals surface area contributed by atoms with Gasteiger partial charge in [0.15, 0.2) is 5.82 Å². The van der Waals surface area contributed by atoms with Crippen LogP contribution in [0, 0.1) is 0 Å². The van der Waals surface area contributed by atoms with E-state index in [0.717, 1.165) is 6.26 Å². The van der Waals surface area contributed by atoms with E-state index in [2.05, 4.69) is 30.4 Å². The highest BCUT2D eigenvalue weighted by Crippen LogP contribution is 2.32. The molecule has 2 heterocycles. The number of aromatic nitrogens is 4. The van der Waals surface area contributed by atoms with Crippen LogP contribution in [0.3, 0.4) is 0 Å². The molecule has 28 heavy (non-hydrogen) atoms. The van der Waals surface area contributed by atoms with Crippen molar-refractivity contribution in [2.24, 2.45) is 7.05 Å². The van der Waals surface area contributed by atoms with Crippen LogP contribution in [0.4, 0.5) is 28.8 Å². The summed E-state index contributed by atoms with van der Waals surface area (Å²) in [5.41, 5.74) is 1.44. The summed E-state index contributed by atoms with van der Waals surface area (Å²) in [7, 11) is -0.224. The largest absolute Gasteiger partial charge is 0.497 e. The number of nitrogens with zero attached hydrogens (tertiary/aromatic N) is 4. The number of methoxy groups -OCH3 is 1. The third-order valence-corrected chi connectivity index (χ3v) is 4.35. The third kappa shape index (κ3) is 5.02. The van der Waals surface area contributed by atoms with Gasteiger partial charge in [-0.2, -0.15) is 10.1 Å². The van der Waals surface area contributed by atoms with Crippen LogP contribution in [-0.4, -0.2) is 41.5 Å². The Morgan fingerprint density at radius 1 is 1.18 bits per heavy atom. The quantitative estimate of drug-likeness (QED) is 0.530. The van der Waals surface area contributed by atoms with E-state index < -0.39 is 10.0 Å². The number of benzene rings is 1. The lowest BCUT2D eigenvalue weighted by atomic mass is 10.2. The van der Waals surface area contributed by atoms with Crippen molar-refractivity contribution in [3.05, 3.63) is 41.8 Å². The van der Waals surface area contributed by atoms with Crippen LogP contribution >= 0.6 is 11.6 Å². The number of nitrogens with one attached hydrogen (secondary N) is 3. The first-order chi connectivity index (χ1) is 13.2. The Hall–Kier alpha value is -3.05. The van der Waals surface area contributed by atoms with Crippen molar-refractivity contribution in [1.82, 2.24) is 19.7 Å². The van der Waals surface area contributed by atoms with E-state index >= 15 is 0 Å². The molecule has 3 aromatic rings. The molecule has 0 spiro atoms. The Bertz CT molecular complexity index is 1100. The molecule has 10 nitrogen and oxygen atoms in total. The summed E-state index contributed by atoms with van der Waals surface area (Å²) in [6.45, 7) is 0. The summed E-state index contributed by atoms with van der Waals surface area (Å²) >= 11 is 6.20. The molecule has 0 aliphatic heterocycles. The van der Waals surface area contributed by atoms with E-state index in [1.165, 1.54) is 13.3 Å². The molecule has 0 bridgehead atoms. The molecule has 12 heteroatoms. The van der Waals surface area contributed by atoms with Crippen LogP contribution in [0.2, 0.25) is 5.02 Å². The van der Waals surface area contributed by atoms with E-state index in [-0.39, 0.29) is 5.02 Å². The molecule has 1 aromatic carbocycles. The van der Waals surface area contributed by atoms with Crippen LogP contribution in [-0.2, 0) is 17.1 Å². The van der Waals surface area contributed by atoms with E-state index in [1.54, 1.807) is 42.3 Å². The van der Waals surface area contributed by atoms with Gasteiger partial charge in [0.1, 0.15) is 10.8 Å². The van der Waals surface area contributed by atoms with E-state index in [1.807, 2.05) is 0 Å². The van der Waals surface area contributed by atoms with Crippen LogP contribution in [0.1, 0.15) is 0 Å². The van der Waals surface area contributed by atoms with Crippen molar-refractivity contribution in [3.63, 3.8) is 0 Å². The van der Waals surface area contributed by atoms with Gasteiger partial charge in [-0.15, -0.1) is 0 Å². The van der Waals surface area contributed by atoms with Crippen molar-refractivity contribution in [2.45, 2.75) is 0 Å². The Kier molecular flexibility index (Phi) is 5.56. The summed E-state index contributed by atoms with van der Waals surface area (Å²) in [4.78, 5) is 8.47. The van der Waals surface area contributed by atoms with Gasteiger partial charge in [0.05, 0.1) is 42.8 Å². The highest BCUT2D eigenvalue weighted by atomic mass is 35.5. The van der Waals surface area contributed by atoms with Crippen molar-refractivity contribution in [1.29, 1.82) is 0 Å². The van der Waals surface area contributed by atoms with Crippen molar-refractivity contribution in [2.75, 3.05) is 28.7 Å². The first-order valence-corrected chi connectivity index (χ1v) is 10.2. The zero-order valence-corrected chi connectivity index (χ0v) is 16.8. The second-order valence-corrected chi connectivity index (χ2v) is 7.98. The number of halogens is 1. The van der Waals surface area contributed by atoms with Gasteiger partial charge < -0.3 is 15.4 Å². The smallest absolute Gasteiger partial charge is 0.229 e. The maximum absolute atomic E-state index is 11.7. The molecule has 0 amide bonds. The molecule has 3 rings (SSSR count). The maximum Gasteiger partial charge on any atom is 0.229 e. The van der Waals surface area contributed by atoms with Gasteiger partial charge in [0, 0.05) is 19.3 Å². The number of hydrogen-bond donors (Lipinski definition) is 3. The van der Waals surface area contributed by atoms with Crippen molar-refractivity contribution < 1.29 is 13.2 Å². The second-order valence-electron chi connectivity index (χ2n) is 5.83. The minimum Gasteiger partial charge on any atom is -0.497 e. The predicted molar refractivity (Wildman–Crippen MR) is 108 cm³/mol. The lowest BCUT2D eigenvalue weighted by molar-refractivity contribution is 0.415. The Labute approximate surface area is 167 Å². The SMILES string of the molecule is COc1ccc(Nc2nc(Nc3cnn(C)c3)ncc2Cl)c(NS(C)(=O)=O)c1. The molecule has 0 aliphatic carbocycles. The molecule has 3 N–H and O–H groups in total. The molecule has 0 unspecified atom stereocenters. The lowest BCUT2D eigenvalue weighted by Crippen LogP contribution is -2.11. The topological polar surface area (TPSA) is 123 Å². The van der Waals surface area contributed by atoms with E-state index in [0.29, 0.717) is 34.6 Å². The highest BCUT2D eigenvalue weighted by Gasteiger charge is 2.13. The summed E-state index contributed by atoms with van der Waals surface area (Å²) in [5, 5.41) is 10.4. The first kappa shape index (κ1) is 19.7. The molecule has 0 saturated heterocycles. The van der Waals surface area contributed by atoms with E-state index in [4.69, 9.17) is 16.3 Å². The van der Waals surface area contributed by atoms with Crippen LogP contribution in [0.25, 0.3) is 0 Å². The lowest BCUT2D eigenvalue weighted by Gasteiger charge is -2.15. The molecular weight excluding hydrogens is 406 g/mol. The average Bonchev–Trinajstić information content (AvgIpc) is 3.02. The van der Waals surface area contributed by atoms with Gasteiger partial charge in [-0.25, -0.2) is 13.4 Å². The van der Waals surface area contributed by atoms with Crippen LogP contribution in [0.5, 0.6) is 5.75 Å². The van der Waals surface area contributed by atoms with E-state index in [9.17, 15) is 8.42 Å². The van der Waals surface area contributed by atoms with Gasteiger partial charge in [-0.05, 0) is 12.1 Å². The zero-order chi connectivity index (χ0) is 20.3. The van der Waals surface area contributed by atoms with Crippen molar-refractivity contribution in [3.8, 4) is 5.75 Å². The molecule has 148 valence electrons. The fraction of sp³-hybridized carbons (Fsp3) is 0.188. The highest BCUT2D eigenvalue weighted by molar-refractivity contribution is 7.92. The summed E-state index contributed by atoms with van der Waals surface area (Å²) in [6.07, 6.45) is 5.89. The number of hydrogen-bond acceptors (Lipinski definition) is 8. The van der Waals surface area contributed by atoms with Gasteiger partial charge in [0.25, 0.3) is 0 Å². The molecule has 0 radical (unpaired) electrons. The standard InChI is InChI=1S/C16H18ClN7O3S/c1-24-9-10(7-19-24)20-16-18-8-12(17)15(22-16)21-13-5-4-11(27-2)6-14(13)23-28(3,25)26/h4-9,23H,1-3H3,(H2,18,20,21,22). The third-order valence-electron chi connectivity index (χ3n) is 3.48. The minimum absolute atomic E-state index is 0.262. The Morgan fingerprint density at radius 2 is 1.96 bits per heavy atom. The monoisotopic (exact) mass is 423 g/mol. The normalized spacial score (nSPS) is 11.1. The van der Waals surface area contributed by atoms with Gasteiger partial charge >= 0.3 is 0 Å². The number of sulfonamides is 1. The zero-order valence-electron chi connectivity index (χ0n) is 15.3.